The van der Waals surface area contributed by atoms with Gasteiger partial charge in [0.1, 0.15) is 5.82 Å². The van der Waals surface area contributed by atoms with Crippen LogP contribution < -0.4 is 10.6 Å². The van der Waals surface area contributed by atoms with E-state index in [2.05, 4.69) is 15.6 Å². The predicted octanol–water partition coefficient (Wildman–Crippen LogP) is 4.13. The predicted molar refractivity (Wildman–Crippen MR) is 84.5 cm³/mol. The fraction of sp³-hybridized carbons (Fsp3) is 0.214. The summed E-state index contributed by atoms with van der Waals surface area (Å²) in [6, 6.07) is 8.40. The largest absolute Gasteiger partial charge is 0.370 e. The number of halogens is 1. The van der Waals surface area contributed by atoms with Gasteiger partial charge in [-0.1, -0.05) is 23.7 Å². The molecule has 2 N–H and O–H groups in total. The molecule has 0 aliphatic rings. The van der Waals surface area contributed by atoms with Gasteiger partial charge < -0.3 is 10.6 Å². The summed E-state index contributed by atoms with van der Waals surface area (Å²) < 4.78 is 0. The molecular weight excluding hydrogens is 292 g/mol. The van der Waals surface area contributed by atoms with Crippen molar-refractivity contribution in [3.63, 3.8) is 0 Å². The molecule has 1 aromatic heterocycles. The minimum absolute atomic E-state index is 0.101. The second-order valence-corrected chi connectivity index (χ2v) is 4.82. The summed E-state index contributed by atoms with van der Waals surface area (Å²) >= 11 is 6.14. The minimum Gasteiger partial charge on any atom is -0.370 e. The summed E-state index contributed by atoms with van der Waals surface area (Å²) in [7, 11) is 0. The number of hydrogen-bond donors (Lipinski definition) is 2. The third-order valence-electron chi connectivity index (χ3n) is 2.89. The highest BCUT2D eigenvalue weighted by Gasteiger charge is 2.17. The summed E-state index contributed by atoms with van der Waals surface area (Å²) in [4.78, 5) is 14.9. The third kappa shape index (κ3) is 3.41. The van der Waals surface area contributed by atoms with Crippen molar-refractivity contribution < 1.29 is 4.92 Å². The minimum atomic E-state index is -0.475. The molecule has 0 saturated heterocycles. The Labute approximate surface area is 127 Å². The Hall–Kier alpha value is -2.34. The molecule has 7 heteroatoms. The van der Waals surface area contributed by atoms with Crippen LogP contribution in [0.4, 0.5) is 23.0 Å². The van der Waals surface area contributed by atoms with Crippen molar-refractivity contribution in [2.75, 3.05) is 17.2 Å². The van der Waals surface area contributed by atoms with Crippen molar-refractivity contribution in [2.24, 2.45) is 0 Å². The number of pyridine rings is 1. The molecule has 2 aromatic rings. The Kier molecular flexibility index (Phi) is 4.59. The number of nitrogens with zero attached hydrogens (tertiary/aromatic N) is 2. The summed E-state index contributed by atoms with van der Waals surface area (Å²) in [5, 5.41) is 17.6. The van der Waals surface area contributed by atoms with Crippen LogP contribution in [0, 0.1) is 17.0 Å². The number of rotatable bonds is 5. The topological polar surface area (TPSA) is 80.1 Å². The summed E-state index contributed by atoms with van der Waals surface area (Å²) in [6.45, 7) is 4.47. The lowest BCUT2D eigenvalue weighted by atomic mass is 10.2. The zero-order chi connectivity index (χ0) is 15.4. The average molecular weight is 307 g/mol. The van der Waals surface area contributed by atoms with E-state index in [9.17, 15) is 10.1 Å². The standard InChI is InChI=1S/C14H15ClN4O2/c1-3-16-12-8-7-11(19(20)21)14(17-12)18-13-9(2)5-4-6-10(13)15/h4-8H,3H2,1-2H3,(H2,16,17,18). The Morgan fingerprint density at radius 2 is 2.10 bits per heavy atom. The molecule has 2 rings (SSSR count). The van der Waals surface area contributed by atoms with Gasteiger partial charge in [0.25, 0.3) is 0 Å². The lowest BCUT2D eigenvalue weighted by Crippen LogP contribution is -2.05. The van der Waals surface area contributed by atoms with Crippen molar-refractivity contribution in [3.05, 3.63) is 51.0 Å². The maximum Gasteiger partial charge on any atom is 0.311 e. The molecule has 0 aliphatic heterocycles. The van der Waals surface area contributed by atoms with Gasteiger partial charge in [-0.05, 0) is 31.5 Å². The number of nitrogens with one attached hydrogen (secondary N) is 2. The van der Waals surface area contributed by atoms with Gasteiger partial charge in [-0.15, -0.1) is 0 Å². The Morgan fingerprint density at radius 1 is 1.33 bits per heavy atom. The smallest absolute Gasteiger partial charge is 0.311 e. The van der Waals surface area contributed by atoms with Crippen molar-refractivity contribution in [2.45, 2.75) is 13.8 Å². The van der Waals surface area contributed by atoms with Gasteiger partial charge in [-0.25, -0.2) is 4.98 Å². The summed E-state index contributed by atoms with van der Waals surface area (Å²) in [6.07, 6.45) is 0. The molecule has 0 radical (unpaired) electrons. The van der Waals surface area contributed by atoms with E-state index in [1.807, 2.05) is 26.0 Å². The van der Waals surface area contributed by atoms with Crippen LogP contribution >= 0.6 is 11.6 Å². The number of para-hydroxylation sites is 1. The first-order chi connectivity index (χ1) is 10.0. The Bertz CT molecular complexity index is 656. The lowest BCUT2D eigenvalue weighted by Gasteiger charge is -2.12. The first-order valence-corrected chi connectivity index (χ1v) is 6.82. The first kappa shape index (κ1) is 15.1. The molecule has 0 aliphatic carbocycles. The van der Waals surface area contributed by atoms with Gasteiger partial charge in [0.15, 0.2) is 0 Å². The van der Waals surface area contributed by atoms with Crippen molar-refractivity contribution in [1.82, 2.24) is 4.98 Å². The molecule has 1 heterocycles. The van der Waals surface area contributed by atoms with E-state index < -0.39 is 4.92 Å². The zero-order valence-corrected chi connectivity index (χ0v) is 12.4. The second-order valence-electron chi connectivity index (χ2n) is 4.41. The van der Waals surface area contributed by atoms with E-state index in [1.54, 1.807) is 12.1 Å². The molecule has 6 nitrogen and oxygen atoms in total. The molecule has 0 amide bonds. The third-order valence-corrected chi connectivity index (χ3v) is 3.21. The highest BCUT2D eigenvalue weighted by atomic mass is 35.5. The SMILES string of the molecule is CCNc1ccc([N+](=O)[O-])c(Nc2c(C)cccc2Cl)n1. The van der Waals surface area contributed by atoms with E-state index in [0.717, 1.165) is 5.56 Å². The van der Waals surface area contributed by atoms with Gasteiger partial charge in [-0.2, -0.15) is 0 Å². The maximum absolute atomic E-state index is 11.1. The van der Waals surface area contributed by atoms with Crippen molar-refractivity contribution in [1.29, 1.82) is 0 Å². The zero-order valence-electron chi connectivity index (χ0n) is 11.7. The highest BCUT2D eigenvalue weighted by Crippen LogP contribution is 2.32. The molecule has 1 aromatic carbocycles. The second kappa shape index (κ2) is 6.41. The molecular formula is C14H15ClN4O2. The number of benzene rings is 1. The monoisotopic (exact) mass is 306 g/mol. The normalized spacial score (nSPS) is 10.2. The van der Waals surface area contributed by atoms with E-state index in [-0.39, 0.29) is 11.5 Å². The van der Waals surface area contributed by atoms with Crippen LogP contribution in [0.5, 0.6) is 0 Å². The number of anilines is 3. The van der Waals surface area contributed by atoms with Gasteiger partial charge in [0.05, 0.1) is 15.6 Å². The van der Waals surface area contributed by atoms with Crippen LogP contribution in [-0.4, -0.2) is 16.5 Å². The van der Waals surface area contributed by atoms with Crippen LogP contribution in [-0.2, 0) is 0 Å². The number of aromatic nitrogens is 1. The maximum atomic E-state index is 11.1. The van der Waals surface area contributed by atoms with Crippen LogP contribution in [0.25, 0.3) is 0 Å². The number of nitro groups is 1. The fourth-order valence-electron chi connectivity index (χ4n) is 1.88. The number of aryl methyl sites for hydroxylation is 1. The van der Waals surface area contributed by atoms with Gasteiger partial charge in [0, 0.05) is 12.6 Å². The Balaban J connectivity index is 2.46. The van der Waals surface area contributed by atoms with Gasteiger partial charge in [-0.3, -0.25) is 10.1 Å². The molecule has 0 atom stereocenters. The molecule has 0 unspecified atom stereocenters. The molecule has 0 spiro atoms. The van der Waals surface area contributed by atoms with Crippen LogP contribution in [0.1, 0.15) is 12.5 Å². The van der Waals surface area contributed by atoms with Gasteiger partial charge >= 0.3 is 5.69 Å². The quantitative estimate of drug-likeness (QED) is 0.641. The van der Waals surface area contributed by atoms with E-state index >= 15 is 0 Å². The molecule has 0 fully saturated rings. The van der Waals surface area contributed by atoms with Crippen LogP contribution in [0.3, 0.4) is 0 Å². The van der Waals surface area contributed by atoms with E-state index in [1.165, 1.54) is 6.07 Å². The summed E-state index contributed by atoms with van der Waals surface area (Å²) in [5.74, 6) is 0.727. The summed E-state index contributed by atoms with van der Waals surface area (Å²) in [5.41, 5.74) is 1.40. The van der Waals surface area contributed by atoms with Crippen molar-refractivity contribution in [3.8, 4) is 0 Å². The first-order valence-electron chi connectivity index (χ1n) is 6.44. The number of hydrogen-bond acceptors (Lipinski definition) is 5. The molecule has 21 heavy (non-hydrogen) atoms. The molecule has 0 bridgehead atoms. The van der Waals surface area contributed by atoms with E-state index in [0.29, 0.717) is 23.1 Å². The van der Waals surface area contributed by atoms with Gasteiger partial charge in [0.2, 0.25) is 5.82 Å². The van der Waals surface area contributed by atoms with Crippen LogP contribution in [0.2, 0.25) is 5.02 Å². The molecule has 110 valence electrons. The molecule has 0 saturated carbocycles. The fourth-order valence-corrected chi connectivity index (χ4v) is 2.15. The van der Waals surface area contributed by atoms with Crippen molar-refractivity contribution >= 4 is 34.6 Å². The average Bonchev–Trinajstić information content (AvgIpc) is 2.43. The Morgan fingerprint density at radius 3 is 2.71 bits per heavy atom. The lowest BCUT2D eigenvalue weighted by molar-refractivity contribution is -0.384. The van der Waals surface area contributed by atoms with Crippen LogP contribution in [0.15, 0.2) is 30.3 Å². The van der Waals surface area contributed by atoms with E-state index in [4.69, 9.17) is 11.6 Å². The highest BCUT2D eigenvalue weighted by molar-refractivity contribution is 6.33.